The van der Waals surface area contributed by atoms with Crippen LogP contribution in [0.4, 0.5) is 0 Å². The summed E-state index contributed by atoms with van der Waals surface area (Å²) < 4.78 is 11.6. The molecule has 2 fully saturated rings. The first-order valence-corrected chi connectivity index (χ1v) is 8.12. The number of carbonyl (C=O) groups excluding carboxylic acids is 2. The van der Waals surface area contributed by atoms with E-state index in [0.29, 0.717) is 18.0 Å². The number of methoxy groups -OCH3 is 1. The van der Waals surface area contributed by atoms with Gasteiger partial charge in [-0.05, 0) is 12.1 Å². The number of carbonyl (C=O) groups is 2. The molecule has 5 heteroatoms. The highest BCUT2D eigenvalue weighted by Gasteiger charge is 2.58. The smallest absolute Gasteiger partial charge is 0.338 e. The van der Waals surface area contributed by atoms with Crippen LogP contribution in [0.1, 0.15) is 29.6 Å². The Balaban J connectivity index is 1.83. The van der Waals surface area contributed by atoms with Crippen LogP contribution in [0.3, 0.4) is 0 Å². The summed E-state index contributed by atoms with van der Waals surface area (Å²) in [6.45, 7) is 0. The van der Waals surface area contributed by atoms with Crippen molar-refractivity contribution >= 4 is 11.9 Å². The van der Waals surface area contributed by atoms with Crippen molar-refractivity contribution in [3.05, 3.63) is 35.9 Å². The highest BCUT2D eigenvalue weighted by atomic mass is 16.6. The normalized spacial score (nSPS) is 31.4. The number of nitrogens with zero attached hydrogens (tertiary/aromatic N) is 1. The Kier molecular flexibility index (Phi) is 4.15. The van der Waals surface area contributed by atoms with Crippen LogP contribution < -0.4 is 0 Å². The topological polar surface area (TPSA) is 52.6 Å². The third kappa shape index (κ3) is 2.74. The SMILES string of the molecule is COC(=O)[C@H]1C2CCC(C[C@@H]1OC(=O)c1ccccc1)[N+]2(C)C. The lowest BCUT2D eigenvalue weighted by Gasteiger charge is -2.47. The fourth-order valence-corrected chi connectivity index (χ4v) is 4.29. The van der Waals surface area contributed by atoms with Crippen molar-refractivity contribution in [2.45, 2.75) is 37.5 Å². The predicted octanol–water partition coefficient (Wildman–Crippen LogP) is 2.01. The molecule has 0 aromatic heterocycles. The molecule has 2 bridgehead atoms. The zero-order valence-corrected chi connectivity index (χ0v) is 13.9. The molecule has 0 N–H and O–H groups in total. The number of esters is 2. The van der Waals surface area contributed by atoms with E-state index in [1.165, 1.54) is 7.11 Å². The molecule has 0 saturated carbocycles. The molecule has 1 aromatic carbocycles. The van der Waals surface area contributed by atoms with Crippen molar-refractivity contribution in [3.63, 3.8) is 0 Å². The maximum absolute atomic E-state index is 12.4. The van der Waals surface area contributed by atoms with Crippen LogP contribution in [0.25, 0.3) is 0 Å². The summed E-state index contributed by atoms with van der Waals surface area (Å²) in [5, 5.41) is 0. The van der Waals surface area contributed by atoms with Crippen LogP contribution in [0.2, 0.25) is 0 Å². The molecule has 4 atom stereocenters. The lowest BCUT2D eigenvalue weighted by atomic mass is 9.85. The summed E-state index contributed by atoms with van der Waals surface area (Å²) in [5.41, 5.74) is 0.516. The summed E-state index contributed by atoms with van der Waals surface area (Å²) in [6, 6.07) is 9.50. The molecule has 0 amide bonds. The monoisotopic (exact) mass is 318 g/mol. The molecule has 2 saturated heterocycles. The van der Waals surface area contributed by atoms with Crippen molar-refractivity contribution in [3.8, 4) is 0 Å². The molecular weight excluding hydrogens is 294 g/mol. The molecule has 2 heterocycles. The average molecular weight is 318 g/mol. The molecule has 3 rings (SSSR count). The van der Waals surface area contributed by atoms with E-state index in [2.05, 4.69) is 14.1 Å². The molecule has 0 spiro atoms. The van der Waals surface area contributed by atoms with Gasteiger partial charge in [-0.3, -0.25) is 4.79 Å². The Bertz CT molecular complexity index is 598. The van der Waals surface area contributed by atoms with Gasteiger partial charge in [0.05, 0.1) is 32.8 Å². The second kappa shape index (κ2) is 5.96. The van der Waals surface area contributed by atoms with Crippen LogP contribution in [-0.2, 0) is 14.3 Å². The quantitative estimate of drug-likeness (QED) is 0.632. The average Bonchev–Trinajstić information content (AvgIpc) is 2.73. The summed E-state index contributed by atoms with van der Waals surface area (Å²) in [5.74, 6) is -1.02. The summed E-state index contributed by atoms with van der Waals surface area (Å²) >= 11 is 0. The van der Waals surface area contributed by atoms with E-state index in [4.69, 9.17) is 9.47 Å². The number of benzene rings is 1. The lowest BCUT2D eigenvalue weighted by molar-refractivity contribution is -0.934. The minimum Gasteiger partial charge on any atom is -0.469 e. The number of ether oxygens (including phenoxy) is 2. The van der Waals surface area contributed by atoms with Gasteiger partial charge in [0.1, 0.15) is 18.1 Å². The number of quaternary nitrogens is 1. The van der Waals surface area contributed by atoms with Crippen LogP contribution in [0.5, 0.6) is 0 Å². The first kappa shape index (κ1) is 16.0. The molecule has 23 heavy (non-hydrogen) atoms. The molecule has 1 aromatic rings. The highest BCUT2D eigenvalue weighted by Crippen LogP contribution is 2.44. The Morgan fingerprint density at radius 1 is 1.13 bits per heavy atom. The van der Waals surface area contributed by atoms with Gasteiger partial charge >= 0.3 is 11.9 Å². The standard InChI is InChI=1S/C18H24NO4/c1-19(2)13-9-10-14(19)16(18(21)22-3)15(11-13)23-17(20)12-7-5-4-6-8-12/h4-8,13-16H,9-11H2,1-3H3/q+1/t13?,14?,15-,16-/m0/s1. The largest absolute Gasteiger partial charge is 0.469 e. The first-order chi connectivity index (χ1) is 10.9. The van der Waals surface area contributed by atoms with Crippen molar-refractivity contribution in [1.29, 1.82) is 0 Å². The van der Waals surface area contributed by atoms with Crippen LogP contribution in [0, 0.1) is 5.92 Å². The fourth-order valence-electron chi connectivity index (χ4n) is 4.29. The summed E-state index contributed by atoms with van der Waals surface area (Å²) in [6.07, 6.45) is 2.34. The number of hydrogen-bond acceptors (Lipinski definition) is 4. The van der Waals surface area contributed by atoms with Crippen molar-refractivity contribution in [2.75, 3.05) is 21.2 Å². The number of piperidine rings is 1. The van der Waals surface area contributed by atoms with Gasteiger partial charge < -0.3 is 14.0 Å². The molecule has 0 aliphatic carbocycles. The third-order valence-electron chi connectivity index (χ3n) is 5.65. The third-order valence-corrected chi connectivity index (χ3v) is 5.65. The lowest BCUT2D eigenvalue weighted by Crippen LogP contribution is -2.62. The van der Waals surface area contributed by atoms with E-state index < -0.39 is 6.10 Å². The van der Waals surface area contributed by atoms with E-state index in [0.717, 1.165) is 17.3 Å². The van der Waals surface area contributed by atoms with E-state index in [-0.39, 0.29) is 23.9 Å². The number of fused-ring (bicyclic) bond motifs is 2. The van der Waals surface area contributed by atoms with E-state index in [9.17, 15) is 9.59 Å². The van der Waals surface area contributed by atoms with Gasteiger partial charge in [0.2, 0.25) is 0 Å². The number of hydrogen-bond donors (Lipinski definition) is 0. The molecule has 2 unspecified atom stereocenters. The summed E-state index contributed by atoms with van der Waals surface area (Å²) in [7, 11) is 5.72. The molecule has 5 nitrogen and oxygen atoms in total. The molecule has 2 aliphatic heterocycles. The maximum atomic E-state index is 12.4. The Morgan fingerprint density at radius 3 is 2.48 bits per heavy atom. The van der Waals surface area contributed by atoms with Crippen LogP contribution in [-0.4, -0.2) is 55.8 Å². The Hall–Kier alpha value is -1.88. The van der Waals surface area contributed by atoms with Gasteiger partial charge in [0.15, 0.2) is 0 Å². The fraction of sp³-hybridized carbons (Fsp3) is 0.556. The van der Waals surface area contributed by atoms with Crippen molar-refractivity contribution in [1.82, 2.24) is 0 Å². The number of rotatable bonds is 3. The Morgan fingerprint density at radius 2 is 1.83 bits per heavy atom. The summed E-state index contributed by atoms with van der Waals surface area (Å²) in [4.78, 5) is 24.7. The van der Waals surface area contributed by atoms with E-state index in [1.807, 2.05) is 6.07 Å². The van der Waals surface area contributed by atoms with Gasteiger partial charge in [0.25, 0.3) is 0 Å². The molecular formula is C18H24NO4+. The highest BCUT2D eigenvalue weighted by molar-refractivity contribution is 5.89. The molecule has 2 aliphatic rings. The minimum absolute atomic E-state index is 0.148. The van der Waals surface area contributed by atoms with Gasteiger partial charge in [-0.2, -0.15) is 0 Å². The van der Waals surface area contributed by atoms with Crippen molar-refractivity contribution in [2.24, 2.45) is 5.92 Å². The van der Waals surface area contributed by atoms with Gasteiger partial charge in [-0.15, -0.1) is 0 Å². The van der Waals surface area contributed by atoms with Crippen LogP contribution in [0.15, 0.2) is 30.3 Å². The van der Waals surface area contributed by atoms with Crippen LogP contribution >= 0.6 is 0 Å². The second-order valence-electron chi connectivity index (χ2n) is 7.02. The predicted molar refractivity (Wildman–Crippen MR) is 84.7 cm³/mol. The minimum atomic E-state index is -0.404. The maximum Gasteiger partial charge on any atom is 0.338 e. The van der Waals surface area contributed by atoms with Gasteiger partial charge in [0, 0.05) is 19.3 Å². The Labute approximate surface area is 136 Å². The molecule has 0 radical (unpaired) electrons. The van der Waals surface area contributed by atoms with Crippen molar-refractivity contribution < 1.29 is 23.5 Å². The first-order valence-electron chi connectivity index (χ1n) is 8.12. The zero-order chi connectivity index (χ0) is 16.6. The van der Waals surface area contributed by atoms with E-state index in [1.54, 1.807) is 24.3 Å². The van der Waals surface area contributed by atoms with Gasteiger partial charge in [-0.25, -0.2) is 4.79 Å². The zero-order valence-electron chi connectivity index (χ0n) is 13.9. The van der Waals surface area contributed by atoms with Gasteiger partial charge in [-0.1, -0.05) is 18.2 Å². The molecule has 124 valence electrons. The van der Waals surface area contributed by atoms with E-state index >= 15 is 0 Å². The second-order valence-corrected chi connectivity index (χ2v) is 7.02.